The van der Waals surface area contributed by atoms with E-state index in [0.29, 0.717) is 24.4 Å². The highest BCUT2D eigenvalue weighted by Crippen LogP contribution is 2.34. The average Bonchev–Trinajstić information content (AvgIpc) is 3.01. The van der Waals surface area contributed by atoms with Crippen LogP contribution in [-0.2, 0) is 14.3 Å². The summed E-state index contributed by atoms with van der Waals surface area (Å²) in [5.41, 5.74) is 1.68. The van der Waals surface area contributed by atoms with Gasteiger partial charge in [0.1, 0.15) is 13.2 Å². The number of urea groups is 1. The number of nitrogens with one attached hydrogen (secondary N) is 1. The summed E-state index contributed by atoms with van der Waals surface area (Å²) < 4.78 is 5.15. The molecule has 0 saturated carbocycles. The van der Waals surface area contributed by atoms with Gasteiger partial charge in [0.05, 0.1) is 17.3 Å². The van der Waals surface area contributed by atoms with Crippen molar-refractivity contribution < 1.29 is 19.1 Å². The van der Waals surface area contributed by atoms with Crippen LogP contribution in [0.1, 0.15) is 25.5 Å². The fourth-order valence-electron chi connectivity index (χ4n) is 3.19. The number of esters is 1. The molecule has 0 aliphatic carbocycles. The SMILES string of the molecule is CCN(CC)C(=O)CN1C(=O)N[C@H](c2ccccc2)C2=C1COC2=O. The maximum absolute atomic E-state index is 12.6. The Balaban J connectivity index is 1.93. The van der Waals surface area contributed by atoms with Gasteiger partial charge in [-0.2, -0.15) is 0 Å². The molecule has 1 atom stereocenters. The summed E-state index contributed by atoms with van der Waals surface area (Å²) in [5.74, 6) is -0.617. The van der Waals surface area contributed by atoms with Crippen LogP contribution in [0.25, 0.3) is 0 Å². The zero-order valence-corrected chi connectivity index (χ0v) is 14.3. The molecule has 3 amide bonds. The van der Waals surface area contributed by atoms with Gasteiger partial charge in [-0.25, -0.2) is 9.59 Å². The highest BCUT2D eigenvalue weighted by molar-refractivity contribution is 5.98. The molecular weight excluding hydrogens is 322 g/mol. The van der Waals surface area contributed by atoms with Gasteiger partial charge in [-0.1, -0.05) is 30.3 Å². The summed E-state index contributed by atoms with van der Waals surface area (Å²) in [4.78, 5) is 40.2. The van der Waals surface area contributed by atoms with Crippen LogP contribution in [0.15, 0.2) is 41.6 Å². The maximum atomic E-state index is 12.6. The highest BCUT2D eigenvalue weighted by Gasteiger charge is 2.42. The van der Waals surface area contributed by atoms with Crippen LogP contribution in [0.3, 0.4) is 0 Å². The number of carbonyl (C=O) groups excluding carboxylic acids is 3. The van der Waals surface area contributed by atoms with Crippen molar-refractivity contribution in [1.29, 1.82) is 0 Å². The lowest BCUT2D eigenvalue weighted by molar-refractivity contribution is -0.136. The number of amides is 3. The third kappa shape index (κ3) is 3.09. The minimum absolute atomic E-state index is 0.0104. The molecule has 0 bridgehead atoms. The molecule has 3 rings (SSSR count). The molecular formula is C18H21N3O4. The minimum Gasteiger partial charge on any atom is -0.456 e. The van der Waals surface area contributed by atoms with Gasteiger partial charge in [0, 0.05) is 13.1 Å². The van der Waals surface area contributed by atoms with Crippen molar-refractivity contribution in [1.82, 2.24) is 15.1 Å². The average molecular weight is 343 g/mol. The van der Waals surface area contributed by atoms with Gasteiger partial charge in [0.2, 0.25) is 5.91 Å². The van der Waals surface area contributed by atoms with Crippen molar-refractivity contribution in [2.24, 2.45) is 0 Å². The van der Waals surface area contributed by atoms with E-state index in [1.165, 1.54) is 4.90 Å². The zero-order chi connectivity index (χ0) is 18.0. The van der Waals surface area contributed by atoms with Gasteiger partial charge in [0.15, 0.2) is 0 Å². The lowest BCUT2D eigenvalue weighted by Gasteiger charge is -2.33. The molecule has 0 fully saturated rings. The quantitative estimate of drug-likeness (QED) is 0.821. The molecule has 1 N–H and O–H groups in total. The number of cyclic esters (lactones) is 1. The van der Waals surface area contributed by atoms with E-state index in [9.17, 15) is 14.4 Å². The van der Waals surface area contributed by atoms with E-state index in [-0.39, 0.29) is 19.1 Å². The van der Waals surface area contributed by atoms with Crippen molar-refractivity contribution in [2.45, 2.75) is 19.9 Å². The number of likely N-dealkylation sites (N-methyl/N-ethyl adjacent to an activating group) is 1. The summed E-state index contributed by atoms with van der Waals surface area (Å²) in [7, 11) is 0. The van der Waals surface area contributed by atoms with Crippen molar-refractivity contribution >= 4 is 17.9 Å². The molecule has 0 aromatic heterocycles. The molecule has 25 heavy (non-hydrogen) atoms. The van der Waals surface area contributed by atoms with Crippen LogP contribution < -0.4 is 5.32 Å². The molecule has 7 nitrogen and oxygen atoms in total. The van der Waals surface area contributed by atoms with E-state index in [2.05, 4.69) is 5.32 Å². The summed E-state index contributed by atoms with van der Waals surface area (Å²) in [6.07, 6.45) is 0. The normalized spacial score (nSPS) is 19.4. The molecule has 1 aromatic rings. The van der Waals surface area contributed by atoms with Gasteiger partial charge in [-0.3, -0.25) is 9.69 Å². The number of carbonyl (C=O) groups is 3. The van der Waals surface area contributed by atoms with Crippen molar-refractivity contribution in [2.75, 3.05) is 26.2 Å². The number of hydrogen-bond acceptors (Lipinski definition) is 4. The van der Waals surface area contributed by atoms with Gasteiger partial charge in [-0.05, 0) is 19.4 Å². The van der Waals surface area contributed by atoms with Crippen molar-refractivity contribution in [3.8, 4) is 0 Å². The largest absolute Gasteiger partial charge is 0.456 e. The van der Waals surface area contributed by atoms with Crippen LogP contribution in [0.5, 0.6) is 0 Å². The van der Waals surface area contributed by atoms with E-state index >= 15 is 0 Å². The number of ether oxygens (including phenoxy) is 1. The van der Waals surface area contributed by atoms with E-state index in [0.717, 1.165) is 5.56 Å². The second-order valence-corrected chi connectivity index (χ2v) is 5.88. The van der Waals surface area contributed by atoms with Crippen LogP contribution in [0.2, 0.25) is 0 Å². The number of hydrogen-bond donors (Lipinski definition) is 1. The summed E-state index contributed by atoms with van der Waals surface area (Å²) in [6, 6.07) is 8.29. The standard InChI is InChI=1S/C18H21N3O4/c1-3-20(4-2)14(22)10-21-13-11-25-17(23)15(13)16(19-18(21)24)12-8-6-5-7-9-12/h5-9,16H,3-4,10-11H2,1-2H3,(H,19,24)/t16-/m1/s1. The molecule has 0 spiro atoms. The van der Waals surface area contributed by atoms with Gasteiger partial charge >= 0.3 is 12.0 Å². The van der Waals surface area contributed by atoms with E-state index < -0.39 is 18.0 Å². The third-order valence-corrected chi connectivity index (χ3v) is 4.54. The molecule has 0 unspecified atom stereocenters. The fraction of sp³-hybridized carbons (Fsp3) is 0.389. The molecule has 1 aromatic carbocycles. The van der Waals surface area contributed by atoms with Crippen LogP contribution in [0.4, 0.5) is 4.79 Å². The molecule has 2 aliphatic heterocycles. The third-order valence-electron chi connectivity index (χ3n) is 4.54. The second-order valence-electron chi connectivity index (χ2n) is 5.88. The Bertz CT molecular complexity index is 725. The van der Waals surface area contributed by atoms with Gasteiger partial charge in [0.25, 0.3) is 0 Å². The highest BCUT2D eigenvalue weighted by atomic mass is 16.5. The maximum Gasteiger partial charge on any atom is 0.338 e. The Morgan fingerprint density at radius 2 is 1.92 bits per heavy atom. The predicted octanol–water partition coefficient (Wildman–Crippen LogP) is 1.43. The molecule has 2 aliphatic rings. The van der Waals surface area contributed by atoms with E-state index in [1.54, 1.807) is 4.90 Å². The Morgan fingerprint density at radius 1 is 1.24 bits per heavy atom. The summed E-state index contributed by atoms with van der Waals surface area (Å²) in [5, 5.41) is 2.82. The van der Waals surface area contributed by atoms with Gasteiger partial charge in [-0.15, -0.1) is 0 Å². The first-order valence-electron chi connectivity index (χ1n) is 8.37. The Kier molecular flexibility index (Phi) is 4.74. The fourth-order valence-corrected chi connectivity index (χ4v) is 3.19. The lowest BCUT2D eigenvalue weighted by atomic mass is 9.96. The molecule has 132 valence electrons. The van der Waals surface area contributed by atoms with Crippen molar-refractivity contribution in [3.05, 3.63) is 47.2 Å². The topological polar surface area (TPSA) is 79.0 Å². The molecule has 0 radical (unpaired) electrons. The Labute approximate surface area is 146 Å². The first-order valence-corrected chi connectivity index (χ1v) is 8.37. The Hall–Kier alpha value is -2.83. The number of rotatable bonds is 5. The predicted molar refractivity (Wildman–Crippen MR) is 90.3 cm³/mol. The summed E-state index contributed by atoms with van der Waals surface area (Å²) >= 11 is 0. The van der Waals surface area contributed by atoms with Crippen LogP contribution in [0, 0.1) is 0 Å². The van der Waals surface area contributed by atoms with E-state index in [4.69, 9.17) is 4.74 Å². The smallest absolute Gasteiger partial charge is 0.338 e. The molecule has 7 heteroatoms. The summed E-state index contributed by atoms with van der Waals surface area (Å²) in [6.45, 7) is 4.81. The molecule has 2 heterocycles. The minimum atomic E-state index is -0.557. The lowest BCUT2D eigenvalue weighted by Crippen LogP contribution is -2.51. The number of benzene rings is 1. The first kappa shape index (κ1) is 17.0. The zero-order valence-electron chi connectivity index (χ0n) is 14.3. The first-order chi connectivity index (χ1) is 12.1. The monoisotopic (exact) mass is 343 g/mol. The van der Waals surface area contributed by atoms with Gasteiger partial charge < -0.3 is 15.0 Å². The van der Waals surface area contributed by atoms with Crippen LogP contribution in [-0.4, -0.2) is 53.9 Å². The van der Waals surface area contributed by atoms with Crippen LogP contribution >= 0.6 is 0 Å². The second kappa shape index (κ2) is 6.96. The number of nitrogens with zero attached hydrogens (tertiary/aromatic N) is 2. The molecule has 0 saturated heterocycles. The van der Waals surface area contributed by atoms with Crippen molar-refractivity contribution in [3.63, 3.8) is 0 Å². The Morgan fingerprint density at radius 3 is 2.56 bits per heavy atom. The van der Waals surface area contributed by atoms with E-state index in [1.807, 2.05) is 44.2 Å².